The fourth-order valence-electron chi connectivity index (χ4n) is 3.09. The molecular weight excluding hydrogens is 316 g/mol. The highest BCUT2D eigenvalue weighted by Crippen LogP contribution is 2.22. The van der Waals surface area contributed by atoms with E-state index in [1.54, 1.807) is 0 Å². The van der Waals surface area contributed by atoms with Crippen LogP contribution in [0.15, 0.2) is 24.3 Å². The molecule has 1 aliphatic rings. The Hall–Kier alpha value is -2.25. The van der Waals surface area contributed by atoms with Gasteiger partial charge in [-0.25, -0.2) is 9.97 Å². The molecule has 1 amide bonds. The van der Waals surface area contributed by atoms with Gasteiger partial charge in [0.25, 0.3) is 0 Å². The summed E-state index contributed by atoms with van der Waals surface area (Å²) in [4.78, 5) is 23.5. The van der Waals surface area contributed by atoms with Crippen molar-refractivity contribution in [3.8, 4) is 0 Å². The van der Waals surface area contributed by atoms with Crippen molar-refractivity contribution < 1.29 is 4.79 Å². The highest BCUT2D eigenvalue weighted by atomic mass is 16.1. The lowest BCUT2D eigenvalue weighted by molar-refractivity contribution is -0.119. The second kappa shape index (κ2) is 7.76. The smallest absolute Gasteiger partial charge is 0.240 e. The van der Waals surface area contributed by atoms with Crippen LogP contribution in [0, 0.1) is 5.92 Å². The number of primary amides is 1. The van der Waals surface area contributed by atoms with Gasteiger partial charge in [-0.05, 0) is 18.1 Å². The van der Waals surface area contributed by atoms with E-state index in [0.29, 0.717) is 12.4 Å². The summed E-state index contributed by atoms with van der Waals surface area (Å²) in [6, 6.07) is 7.37. The lowest BCUT2D eigenvalue weighted by atomic mass is 10.0. The third-order valence-electron chi connectivity index (χ3n) is 4.49. The van der Waals surface area contributed by atoms with Crippen LogP contribution in [0.3, 0.4) is 0 Å². The third kappa shape index (κ3) is 4.24. The van der Waals surface area contributed by atoms with Gasteiger partial charge in [-0.15, -0.1) is 0 Å². The fourth-order valence-corrected chi connectivity index (χ4v) is 3.09. The van der Waals surface area contributed by atoms with Crippen molar-refractivity contribution in [3.05, 3.63) is 30.1 Å². The molecule has 1 atom stereocenters. The van der Waals surface area contributed by atoms with Crippen LogP contribution in [-0.2, 0) is 11.3 Å². The van der Waals surface area contributed by atoms with E-state index in [-0.39, 0.29) is 11.8 Å². The maximum absolute atomic E-state index is 11.8. The predicted molar refractivity (Wildman–Crippen MR) is 99.1 cm³/mol. The number of nitrogens with zero attached hydrogens (tertiary/aromatic N) is 3. The van der Waals surface area contributed by atoms with Crippen molar-refractivity contribution in [1.82, 2.24) is 20.2 Å². The average Bonchev–Trinajstić information content (AvgIpc) is 2.59. The second-order valence-corrected chi connectivity index (χ2v) is 6.80. The minimum absolute atomic E-state index is 0.0721. The molecule has 0 radical (unpaired) electrons. The van der Waals surface area contributed by atoms with Crippen molar-refractivity contribution >= 4 is 22.6 Å². The Morgan fingerprint density at radius 2 is 2.00 bits per heavy atom. The number of benzene rings is 1. The number of carbonyl (C=O) groups excluding carboxylic acids is 1. The number of nitrogens with one attached hydrogen (secondary N) is 2. The van der Waals surface area contributed by atoms with E-state index >= 15 is 0 Å². The zero-order valence-electron chi connectivity index (χ0n) is 14.8. The highest BCUT2D eigenvalue weighted by Gasteiger charge is 2.21. The summed E-state index contributed by atoms with van der Waals surface area (Å²) in [6.07, 6.45) is 0. The summed E-state index contributed by atoms with van der Waals surface area (Å²) < 4.78 is 0. The van der Waals surface area contributed by atoms with Crippen molar-refractivity contribution in [3.63, 3.8) is 0 Å². The number of nitrogens with two attached hydrogens (primary N) is 1. The quantitative estimate of drug-likeness (QED) is 0.723. The molecule has 4 N–H and O–H groups in total. The second-order valence-electron chi connectivity index (χ2n) is 6.80. The Kier molecular flexibility index (Phi) is 5.45. The van der Waals surface area contributed by atoms with Crippen molar-refractivity contribution in [2.75, 3.05) is 31.5 Å². The fraction of sp³-hybridized carbons (Fsp3) is 0.500. The monoisotopic (exact) mass is 342 g/mol. The molecule has 1 unspecified atom stereocenters. The van der Waals surface area contributed by atoms with Gasteiger partial charge in [-0.3, -0.25) is 9.69 Å². The molecular formula is C18H26N6O. The zero-order valence-corrected chi connectivity index (χ0v) is 14.8. The lowest BCUT2D eigenvalue weighted by Crippen LogP contribution is -2.43. The molecule has 2 aromatic rings. The summed E-state index contributed by atoms with van der Waals surface area (Å²) in [5.41, 5.74) is 6.43. The Bertz CT molecular complexity index is 741. The minimum atomic E-state index is -0.467. The SMILES string of the molecule is CC(C)C(Nc1nc(CN2CCNCC2)nc2ccccc12)C(N)=O. The summed E-state index contributed by atoms with van der Waals surface area (Å²) in [5, 5.41) is 7.49. The summed E-state index contributed by atoms with van der Waals surface area (Å²) in [5.74, 6) is 1.13. The summed E-state index contributed by atoms with van der Waals surface area (Å²) in [6.45, 7) is 8.56. The first kappa shape index (κ1) is 17.6. The van der Waals surface area contributed by atoms with E-state index in [1.165, 1.54) is 0 Å². The number of hydrogen-bond acceptors (Lipinski definition) is 6. The van der Waals surface area contributed by atoms with E-state index < -0.39 is 6.04 Å². The van der Waals surface area contributed by atoms with E-state index in [1.807, 2.05) is 38.1 Å². The van der Waals surface area contributed by atoms with Gasteiger partial charge in [0.05, 0.1) is 12.1 Å². The normalized spacial score (nSPS) is 16.9. The molecule has 0 bridgehead atoms. The van der Waals surface area contributed by atoms with Gasteiger partial charge in [0.2, 0.25) is 5.91 Å². The van der Waals surface area contributed by atoms with Crippen LogP contribution >= 0.6 is 0 Å². The molecule has 1 aromatic heterocycles. The number of anilines is 1. The molecule has 3 rings (SSSR count). The number of carbonyl (C=O) groups is 1. The lowest BCUT2D eigenvalue weighted by Gasteiger charge is -2.27. The maximum atomic E-state index is 11.8. The van der Waals surface area contributed by atoms with Crippen LogP contribution < -0.4 is 16.4 Å². The molecule has 7 heteroatoms. The number of fused-ring (bicyclic) bond motifs is 1. The van der Waals surface area contributed by atoms with Gasteiger partial charge in [-0.2, -0.15) is 0 Å². The minimum Gasteiger partial charge on any atom is -0.368 e. The third-order valence-corrected chi connectivity index (χ3v) is 4.49. The zero-order chi connectivity index (χ0) is 17.8. The number of aromatic nitrogens is 2. The van der Waals surface area contributed by atoms with E-state index in [0.717, 1.165) is 42.9 Å². The van der Waals surface area contributed by atoms with Crippen LogP contribution in [0.5, 0.6) is 0 Å². The Labute approximate surface area is 148 Å². The van der Waals surface area contributed by atoms with Gasteiger partial charge >= 0.3 is 0 Å². The molecule has 1 fully saturated rings. The van der Waals surface area contributed by atoms with E-state index in [2.05, 4.69) is 15.5 Å². The van der Waals surface area contributed by atoms with Gasteiger partial charge in [0.1, 0.15) is 17.7 Å². The molecule has 0 spiro atoms. The predicted octanol–water partition coefficient (Wildman–Crippen LogP) is 0.957. The van der Waals surface area contributed by atoms with Crippen LogP contribution in [0.4, 0.5) is 5.82 Å². The molecule has 0 saturated carbocycles. The van der Waals surface area contributed by atoms with Crippen LogP contribution in [0.1, 0.15) is 19.7 Å². The molecule has 0 aliphatic carbocycles. The highest BCUT2D eigenvalue weighted by molar-refractivity contribution is 5.91. The first-order valence-electron chi connectivity index (χ1n) is 8.79. The van der Waals surface area contributed by atoms with Crippen molar-refractivity contribution in [2.24, 2.45) is 11.7 Å². The van der Waals surface area contributed by atoms with E-state index in [4.69, 9.17) is 15.7 Å². The summed E-state index contributed by atoms with van der Waals surface area (Å²) in [7, 11) is 0. The molecule has 1 saturated heterocycles. The van der Waals surface area contributed by atoms with Gasteiger partial charge in [-0.1, -0.05) is 26.0 Å². The van der Waals surface area contributed by atoms with Crippen molar-refractivity contribution in [1.29, 1.82) is 0 Å². The molecule has 1 aromatic carbocycles. The Morgan fingerprint density at radius 3 is 2.68 bits per heavy atom. The number of piperazine rings is 1. The number of hydrogen-bond donors (Lipinski definition) is 3. The Balaban J connectivity index is 1.93. The average molecular weight is 342 g/mol. The standard InChI is InChI=1S/C18H26N6O/c1-12(2)16(17(19)25)23-18-13-5-3-4-6-14(13)21-15(22-18)11-24-9-7-20-8-10-24/h3-6,12,16,20H,7-11H2,1-2H3,(H2,19,25)(H,21,22,23). The molecule has 2 heterocycles. The number of para-hydroxylation sites is 1. The van der Waals surface area contributed by atoms with Crippen LogP contribution in [-0.4, -0.2) is 53.0 Å². The largest absolute Gasteiger partial charge is 0.368 e. The topological polar surface area (TPSA) is 96.2 Å². The molecule has 7 nitrogen and oxygen atoms in total. The molecule has 1 aliphatic heterocycles. The van der Waals surface area contributed by atoms with Crippen molar-refractivity contribution in [2.45, 2.75) is 26.4 Å². The molecule has 134 valence electrons. The van der Waals surface area contributed by atoms with E-state index in [9.17, 15) is 4.79 Å². The van der Waals surface area contributed by atoms with Gasteiger partial charge < -0.3 is 16.4 Å². The number of rotatable bonds is 6. The van der Waals surface area contributed by atoms with Crippen LogP contribution in [0.2, 0.25) is 0 Å². The first-order chi connectivity index (χ1) is 12.0. The first-order valence-corrected chi connectivity index (χ1v) is 8.79. The van der Waals surface area contributed by atoms with Crippen LogP contribution in [0.25, 0.3) is 10.9 Å². The summed E-state index contributed by atoms with van der Waals surface area (Å²) >= 11 is 0. The maximum Gasteiger partial charge on any atom is 0.240 e. The Morgan fingerprint density at radius 1 is 1.28 bits per heavy atom. The molecule has 25 heavy (non-hydrogen) atoms. The van der Waals surface area contributed by atoms with Gasteiger partial charge in [0.15, 0.2) is 0 Å². The number of amides is 1. The van der Waals surface area contributed by atoms with Gasteiger partial charge in [0, 0.05) is 31.6 Å².